The van der Waals surface area contributed by atoms with Gasteiger partial charge in [0.2, 0.25) is 5.91 Å². The maximum atomic E-state index is 11.8. The van der Waals surface area contributed by atoms with E-state index in [2.05, 4.69) is 5.32 Å². The second kappa shape index (κ2) is 6.42. The lowest BCUT2D eigenvalue weighted by molar-refractivity contribution is -0.129. The minimum atomic E-state index is -0.352. The van der Waals surface area contributed by atoms with Gasteiger partial charge in [-0.2, -0.15) is 0 Å². The number of amides is 1. The van der Waals surface area contributed by atoms with Crippen molar-refractivity contribution in [2.75, 3.05) is 6.61 Å². The first kappa shape index (κ1) is 16.4. The molecule has 0 aromatic heterocycles. The Hall–Kier alpha value is -0.970. The van der Waals surface area contributed by atoms with Gasteiger partial charge in [-0.25, -0.2) is 0 Å². The van der Waals surface area contributed by atoms with Gasteiger partial charge in [0, 0.05) is 17.5 Å². The number of benzene rings is 1. The van der Waals surface area contributed by atoms with Crippen LogP contribution >= 0.6 is 23.2 Å². The van der Waals surface area contributed by atoms with Gasteiger partial charge in [0.1, 0.15) is 5.75 Å². The minimum absolute atomic E-state index is 0.0185. The van der Waals surface area contributed by atoms with E-state index >= 15 is 0 Å². The van der Waals surface area contributed by atoms with Crippen molar-refractivity contribution in [1.29, 1.82) is 0 Å². The lowest BCUT2D eigenvalue weighted by atomic mass is 9.64. The molecule has 2 atom stereocenters. The van der Waals surface area contributed by atoms with Gasteiger partial charge < -0.3 is 15.2 Å². The highest BCUT2D eigenvalue weighted by atomic mass is 35.5. The number of hydrogen-bond acceptors (Lipinski definition) is 3. The summed E-state index contributed by atoms with van der Waals surface area (Å²) in [4.78, 5) is 11.8. The van der Waals surface area contributed by atoms with Gasteiger partial charge >= 0.3 is 0 Å². The molecule has 1 aromatic rings. The number of carbonyl (C=O) groups is 1. The zero-order chi connectivity index (χ0) is 15.6. The molecule has 116 valence electrons. The molecule has 1 aliphatic carbocycles. The normalized spacial score (nSPS) is 23.3. The van der Waals surface area contributed by atoms with E-state index in [4.69, 9.17) is 27.9 Å². The van der Waals surface area contributed by atoms with Crippen LogP contribution in [0.1, 0.15) is 26.7 Å². The van der Waals surface area contributed by atoms with Crippen molar-refractivity contribution < 1.29 is 14.6 Å². The zero-order valence-electron chi connectivity index (χ0n) is 12.0. The monoisotopic (exact) mass is 331 g/mol. The molecule has 1 aliphatic rings. The van der Waals surface area contributed by atoms with Gasteiger partial charge in [-0.3, -0.25) is 4.79 Å². The van der Waals surface area contributed by atoms with Gasteiger partial charge in [-0.05, 0) is 18.6 Å². The summed E-state index contributed by atoms with van der Waals surface area (Å²) in [5, 5.41) is 13.4. The van der Waals surface area contributed by atoms with Gasteiger partial charge in [0.15, 0.2) is 0 Å². The Morgan fingerprint density at radius 2 is 2.14 bits per heavy atom. The summed E-state index contributed by atoms with van der Waals surface area (Å²) < 4.78 is 5.47. The number of nitrogens with one attached hydrogen (secondary N) is 1. The van der Waals surface area contributed by atoms with Crippen molar-refractivity contribution in [2.24, 2.45) is 5.41 Å². The molecule has 0 spiro atoms. The topological polar surface area (TPSA) is 58.6 Å². The number of aliphatic hydroxyl groups is 1. The Morgan fingerprint density at radius 1 is 1.43 bits per heavy atom. The quantitative estimate of drug-likeness (QED) is 0.871. The Bertz CT molecular complexity index is 534. The van der Waals surface area contributed by atoms with Crippen LogP contribution in [0.4, 0.5) is 0 Å². The number of halogens is 2. The summed E-state index contributed by atoms with van der Waals surface area (Å²) in [6, 6.07) is 4.99. The fraction of sp³-hybridized carbons (Fsp3) is 0.533. The highest BCUT2D eigenvalue weighted by Crippen LogP contribution is 2.40. The van der Waals surface area contributed by atoms with Gasteiger partial charge in [-0.1, -0.05) is 37.0 Å². The fourth-order valence-electron chi connectivity index (χ4n) is 2.24. The van der Waals surface area contributed by atoms with Crippen LogP contribution in [0.3, 0.4) is 0 Å². The summed E-state index contributed by atoms with van der Waals surface area (Å²) in [6.07, 6.45) is 0.505. The molecule has 0 bridgehead atoms. The first-order chi connectivity index (χ1) is 9.80. The number of aliphatic hydroxyl groups excluding tert-OH is 1. The molecule has 0 aliphatic heterocycles. The van der Waals surface area contributed by atoms with Crippen LogP contribution in [0.2, 0.25) is 10.0 Å². The van der Waals surface area contributed by atoms with Crippen LogP contribution in [0.5, 0.6) is 5.75 Å². The number of ether oxygens (including phenoxy) is 1. The van der Waals surface area contributed by atoms with E-state index in [9.17, 15) is 9.90 Å². The SMILES string of the molecule is CC1(C)C(O)CC1NC(=O)CCOc1ccc(Cl)c(Cl)c1. The van der Waals surface area contributed by atoms with Crippen LogP contribution in [0.25, 0.3) is 0 Å². The number of carbonyl (C=O) groups excluding carboxylic acids is 1. The van der Waals surface area contributed by atoms with Gasteiger partial charge in [-0.15, -0.1) is 0 Å². The lowest BCUT2D eigenvalue weighted by Gasteiger charge is -2.49. The van der Waals surface area contributed by atoms with E-state index in [1.165, 1.54) is 0 Å². The third-order valence-electron chi connectivity index (χ3n) is 4.04. The third kappa shape index (κ3) is 3.82. The first-order valence-corrected chi connectivity index (χ1v) is 7.61. The van der Waals surface area contributed by atoms with Crippen molar-refractivity contribution >= 4 is 29.1 Å². The molecule has 1 aromatic carbocycles. The molecule has 1 saturated carbocycles. The summed E-state index contributed by atoms with van der Waals surface area (Å²) in [5.74, 6) is 0.497. The highest BCUT2D eigenvalue weighted by Gasteiger charge is 2.47. The van der Waals surface area contributed by atoms with Crippen LogP contribution < -0.4 is 10.1 Å². The van der Waals surface area contributed by atoms with Crippen molar-refractivity contribution in [1.82, 2.24) is 5.32 Å². The predicted molar refractivity (Wildman–Crippen MR) is 82.9 cm³/mol. The molecule has 6 heteroatoms. The van der Waals surface area contributed by atoms with Crippen LogP contribution in [-0.2, 0) is 4.79 Å². The fourth-order valence-corrected chi connectivity index (χ4v) is 2.53. The van der Waals surface area contributed by atoms with Gasteiger partial charge in [0.25, 0.3) is 0 Å². The molecule has 2 rings (SSSR count). The predicted octanol–water partition coefficient (Wildman–Crippen LogP) is 3.04. The Kier molecular flexibility index (Phi) is 5.02. The summed E-state index contributed by atoms with van der Waals surface area (Å²) in [6.45, 7) is 4.15. The van der Waals surface area contributed by atoms with Crippen molar-refractivity contribution in [3.8, 4) is 5.75 Å². The average Bonchev–Trinajstić information content (AvgIpc) is 2.42. The molecule has 1 amide bonds. The Morgan fingerprint density at radius 3 is 2.71 bits per heavy atom. The molecule has 4 nitrogen and oxygen atoms in total. The first-order valence-electron chi connectivity index (χ1n) is 6.86. The number of hydrogen-bond donors (Lipinski definition) is 2. The van der Waals surface area contributed by atoms with E-state index in [1.54, 1.807) is 18.2 Å². The van der Waals surface area contributed by atoms with Crippen molar-refractivity contribution in [2.45, 2.75) is 38.8 Å². The van der Waals surface area contributed by atoms with Gasteiger partial charge in [0.05, 0.1) is 29.2 Å². The van der Waals surface area contributed by atoms with Crippen LogP contribution in [0.15, 0.2) is 18.2 Å². The Labute approximate surface area is 134 Å². The molecule has 0 heterocycles. The second-order valence-electron chi connectivity index (χ2n) is 5.87. The van der Waals surface area contributed by atoms with E-state index < -0.39 is 0 Å². The molecular weight excluding hydrogens is 313 g/mol. The van der Waals surface area contributed by atoms with Crippen LogP contribution in [-0.4, -0.2) is 29.8 Å². The lowest BCUT2D eigenvalue weighted by Crippen LogP contribution is -2.61. The largest absolute Gasteiger partial charge is 0.493 e. The van der Waals surface area contributed by atoms with E-state index in [1.807, 2.05) is 13.8 Å². The zero-order valence-corrected chi connectivity index (χ0v) is 13.5. The number of rotatable bonds is 5. The minimum Gasteiger partial charge on any atom is -0.493 e. The molecular formula is C15H19Cl2NO3. The molecule has 1 fully saturated rings. The smallest absolute Gasteiger partial charge is 0.223 e. The van der Waals surface area contributed by atoms with E-state index in [0.717, 1.165) is 0 Å². The molecule has 0 radical (unpaired) electrons. The molecule has 2 unspecified atom stereocenters. The third-order valence-corrected chi connectivity index (χ3v) is 4.78. The van der Waals surface area contributed by atoms with E-state index in [0.29, 0.717) is 22.2 Å². The van der Waals surface area contributed by atoms with Crippen LogP contribution in [0, 0.1) is 5.41 Å². The standard InChI is InChI=1S/C15H19Cl2NO3/c1-15(2)12(8-13(15)19)18-14(20)5-6-21-9-3-4-10(16)11(17)7-9/h3-4,7,12-13,19H,5-6,8H2,1-2H3,(H,18,20). The maximum absolute atomic E-state index is 11.8. The van der Waals surface area contributed by atoms with E-state index in [-0.39, 0.29) is 36.5 Å². The molecule has 21 heavy (non-hydrogen) atoms. The average molecular weight is 332 g/mol. The highest BCUT2D eigenvalue weighted by molar-refractivity contribution is 6.42. The van der Waals surface area contributed by atoms with Crippen molar-refractivity contribution in [3.05, 3.63) is 28.2 Å². The van der Waals surface area contributed by atoms with Crippen molar-refractivity contribution in [3.63, 3.8) is 0 Å². The maximum Gasteiger partial charge on any atom is 0.223 e. The summed E-state index contributed by atoms with van der Waals surface area (Å²) >= 11 is 11.7. The summed E-state index contributed by atoms with van der Waals surface area (Å²) in [5.41, 5.74) is -0.264. The second-order valence-corrected chi connectivity index (χ2v) is 6.68. The molecule has 2 N–H and O–H groups in total. The summed E-state index contributed by atoms with van der Waals surface area (Å²) in [7, 11) is 0. The molecule has 0 saturated heterocycles. The Balaban J connectivity index is 1.73.